The Morgan fingerprint density at radius 1 is 1.11 bits per heavy atom. The molecule has 0 saturated carbocycles. The van der Waals surface area contributed by atoms with E-state index < -0.39 is 0 Å². The molecule has 0 unspecified atom stereocenters. The van der Waals surface area contributed by atoms with E-state index in [0.29, 0.717) is 0 Å². The minimum absolute atomic E-state index is 0.236. The fourth-order valence-electron chi connectivity index (χ4n) is 3.18. The molecule has 0 N–H and O–H groups in total. The number of carbonyl (C=O) groups is 1. The normalized spacial score (nSPS) is 23.7. The molecule has 0 radical (unpaired) electrons. The van der Waals surface area contributed by atoms with Gasteiger partial charge in [0, 0.05) is 25.8 Å². The van der Waals surface area contributed by atoms with E-state index in [1.54, 1.807) is 0 Å². The van der Waals surface area contributed by atoms with Crippen LogP contribution in [-0.4, -0.2) is 35.9 Å². The van der Waals surface area contributed by atoms with Crippen LogP contribution in [0.5, 0.6) is 0 Å². The van der Waals surface area contributed by atoms with Gasteiger partial charge in [-0.1, -0.05) is 6.07 Å². The van der Waals surface area contributed by atoms with Crippen molar-refractivity contribution >= 4 is 12.2 Å². The monoisotopic (exact) mass is 259 g/mol. The maximum Gasteiger partial charge on any atom is 0.210 e. The van der Waals surface area contributed by atoms with E-state index in [1.807, 2.05) is 11.1 Å². The molecule has 0 spiro atoms. The van der Waals surface area contributed by atoms with Crippen molar-refractivity contribution in [3.8, 4) is 0 Å². The highest BCUT2D eigenvalue weighted by atomic mass is 16.1. The zero-order valence-corrected chi connectivity index (χ0v) is 11.3. The van der Waals surface area contributed by atoms with Gasteiger partial charge in [-0.3, -0.25) is 4.79 Å². The summed E-state index contributed by atoms with van der Waals surface area (Å²) >= 11 is 0. The van der Waals surface area contributed by atoms with Crippen molar-refractivity contribution in [2.75, 3.05) is 24.5 Å². The van der Waals surface area contributed by atoms with Crippen molar-refractivity contribution in [3.63, 3.8) is 0 Å². The predicted octanol–water partition coefficient (Wildman–Crippen LogP) is 2.37. The number of rotatable bonds is 3. The Morgan fingerprint density at radius 2 is 1.95 bits per heavy atom. The van der Waals surface area contributed by atoms with E-state index in [-0.39, 0.29) is 6.04 Å². The molecule has 19 heavy (non-hydrogen) atoms. The van der Waals surface area contributed by atoms with E-state index in [1.165, 1.54) is 24.8 Å². The van der Waals surface area contributed by atoms with Crippen molar-refractivity contribution in [2.24, 2.45) is 0 Å². The Balaban J connectivity index is 1.73. The topological polar surface area (TPSA) is 36.4 Å². The average molecular weight is 259 g/mol. The molecule has 4 nitrogen and oxygen atoms in total. The molecule has 2 aliphatic rings. The highest BCUT2D eigenvalue weighted by molar-refractivity contribution is 5.50. The lowest BCUT2D eigenvalue weighted by Crippen LogP contribution is -2.30. The molecule has 1 aromatic heterocycles. The highest BCUT2D eigenvalue weighted by Crippen LogP contribution is 2.30. The third-order valence-corrected chi connectivity index (χ3v) is 4.27. The summed E-state index contributed by atoms with van der Waals surface area (Å²) in [6.45, 7) is 3.12. The first-order valence-electron chi connectivity index (χ1n) is 7.30. The van der Waals surface area contributed by atoms with Gasteiger partial charge in [-0.2, -0.15) is 0 Å². The van der Waals surface area contributed by atoms with E-state index in [9.17, 15) is 4.79 Å². The fourth-order valence-corrected chi connectivity index (χ4v) is 3.18. The van der Waals surface area contributed by atoms with E-state index >= 15 is 0 Å². The molecule has 102 valence electrons. The number of likely N-dealkylation sites (tertiary alicyclic amines) is 1. The molecular formula is C15H21N3O. The second-order valence-corrected chi connectivity index (χ2v) is 5.50. The van der Waals surface area contributed by atoms with Crippen molar-refractivity contribution in [2.45, 2.75) is 38.1 Å². The Bertz CT molecular complexity index is 426. The van der Waals surface area contributed by atoms with Crippen molar-refractivity contribution in [3.05, 3.63) is 23.9 Å². The number of piperidine rings is 1. The van der Waals surface area contributed by atoms with Crippen LogP contribution in [0, 0.1) is 0 Å². The minimum Gasteiger partial charge on any atom is -0.357 e. The summed E-state index contributed by atoms with van der Waals surface area (Å²) in [5.41, 5.74) is 1.17. The molecule has 2 saturated heterocycles. The van der Waals surface area contributed by atoms with Crippen LogP contribution < -0.4 is 4.90 Å². The van der Waals surface area contributed by atoms with Crippen molar-refractivity contribution in [1.29, 1.82) is 0 Å². The van der Waals surface area contributed by atoms with Gasteiger partial charge in [0.05, 0.1) is 6.04 Å². The summed E-state index contributed by atoms with van der Waals surface area (Å²) in [5.74, 6) is 1.08. The smallest absolute Gasteiger partial charge is 0.210 e. The number of hydrogen-bond acceptors (Lipinski definition) is 3. The number of aromatic nitrogens is 1. The molecular weight excluding hydrogens is 238 g/mol. The summed E-state index contributed by atoms with van der Waals surface area (Å²) in [7, 11) is 0. The third-order valence-electron chi connectivity index (χ3n) is 4.27. The minimum atomic E-state index is 0.236. The van der Waals surface area contributed by atoms with Crippen LogP contribution >= 0.6 is 0 Å². The molecule has 1 aromatic rings. The molecule has 0 aliphatic carbocycles. The standard InChI is InChI=1S/C15H21N3O/c19-12-18-10-4-5-14(18)13-6-7-15(16-11-13)17-8-2-1-3-9-17/h6-7,11-12,14H,1-5,8-10H2/t14-/m1/s1. The molecule has 0 aromatic carbocycles. The molecule has 3 rings (SSSR count). The average Bonchev–Trinajstić information content (AvgIpc) is 2.97. The Labute approximate surface area is 114 Å². The van der Waals surface area contributed by atoms with E-state index in [2.05, 4.69) is 22.0 Å². The Hall–Kier alpha value is -1.58. The number of pyridine rings is 1. The lowest BCUT2D eigenvalue weighted by atomic mass is 10.1. The van der Waals surface area contributed by atoms with Crippen molar-refractivity contribution in [1.82, 2.24) is 9.88 Å². The zero-order valence-electron chi connectivity index (χ0n) is 11.3. The first kappa shape index (κ1) is 12.5. The molecule has 2 aliphatic heterocycles. The molecule has 1 atom stereocenters. The largest absolute Gasteiger partial charge is 0.357 e. The first-order valence-corrected chi connectivity index (χ1v) is 7.30. The second kappa shape index (κ2) is 5.59. The number of nitrogens with zero attached hydrogens (tertiary/aromatic N) is 3. The highest BCUT2D eigenvalue weighted by Gasteiger charge is 2.25. The summed E-state index contributed by atoms with van der Waals surface area (Å²) in [6.07, 6.45) is 8.95. The van der Waals surface area contributed by atoms with E-state index in [4.69, 9.17) is 0 Å². The van der Waals surface area contributed by atoms with Gasteiger partial charge in [-0.05, 0) is 43.7 Å². The van der Waals surface area contributed by atoms with Crippen LogP contribution in [0.4, 0.5) is 5.82 Å². The van der Waals surface area contributed by atoms with Gasteiger partial charge in [0.15, 0.2) is 0 Å². The van der Waals surface area contributed by atoms with Gasteiger partial charge < -0.3 is 9.80 Å². The van der Waals surface area contributed by atoms with Crippen LogP contribution in [0.3, 0.4) is 0 Å². The van der Waals surface area contributed by atoms with Crippen molar-refractivity contribution < 1.29 is 4.79 Å². The maximum atomic E-state index is 11.0. The van der Waals surface area contributed by atoms with Gasteiger partial charge in [0.1, 0.15) is 5.82 Å². The Kier molecular flexibility index (Phi) is 3.67. The van der Waals surface area contributed by atoms with E-state index in [0.717, 1.165) is 44.7 Å². The van der Waals surface area contributed by atoms with Crippen LogP contribution in [0.2, 0.25) is 0 Å². The Morgan fingerprint density at radius 3 is 2.63 bits per heavy atom. The molecule has 4 heteroatoms. The number of hydrogen-bond donors (Lipinski definition) is 0. The number of anilines is 1. The number of carbonyl (C=O) groups excluding carboxylic acids is 1. The lowest BCUT2D eigenvalue weighted by molar-refractivity contribution is -0.118. The van der Waals surface area contributed by atoms with Crippen LogP contribution in [0.1, 0.15) is 43.7 Å². The SMILES string of the molecule is O=CN1CCC[C@@H]1c1ccc(N2CCCCC2)nc1. The van der Waals surface area contributed by atoms with Gasteiger partial charge in [0.2, 0.25) is 6.41 Å². The van der Waals surface area contributed by atoms with Gasteiger partial charge in [0.25, 0.3) is 0 Å². The van der Waals surface area contributed by atoms with Gasteiger partial charge in [-0.15, -0.1) is 0 Å². The summed E-state index contributed by atoms with van der Waals surface area (Å²) in [5, 5.41) is 0. The summed E-state index contributed by atoms with van der Waals surface area (Å²) < 4.78 is 0. The second-order valence-electron chi connectivity index (χ2n) is 5.50. The lowest BCUT2D eigenvalue weighted by Gasteiger charge is -2.28. The predicted molar refractivity (Wildman–Crippen MR) is 75.0 cm³/mol. The van der Waals surface area contributed by atoms with Crippen LogP contribution in [0.15, 0.2) is 18.3 Å². The van der Waals surface area contributed by atoms with Crippen LogP contribution in [0.25, 0.3) is 0 Å². The molecule has 3 heterocycles. The summed E-state index contributed by atoms with van der Waals surface area (Å²) in [6, 6.07) is 4.49. The van der Waals surface area contributed by atoms with Gasteiger partial charge >= 0.3 is 0 Å². The summed E-state index contributed by atoms with van der Waals surface area (Å²) in [4.78, 5) is 19.8. The number of amides is 1. The molecule has 1 amide bonds. The van der Waals surface area contributed by atoms with Crippen LogP contribution in [-0.2, 0) is 4.79 Å². The molecule has 2 fully saturated rings. The quantitative estimate of drug-likeness (QED) is 0.782. The van der Waals surface area contributed by atoms with Gasteiger partial charge in [-0.25, -0.2) is 4.98 Å². The fraction of sp³-hybridized carbons (Fsp3) is 0.600. The first-order chi connectivity index (χ1) is 9.38. The third kappa shape index (κ3) is 2.57. The maximum absolute atomic E-state index is 11.0. The zero-order chi connectivity index (χ0) is 13.1. The molecule has 0 bridgehead atoms.